The van der Waals surface area contributed by atoms with Crippen LogP contribution in [0.2, 0.25) is 5.02 Å². The van der Waals surface area contributed by atoms with Crippen LogP contribution in [0.3, 0.4) is 0 Å². The van der Waals surface area contributed by atoms with Gasteiger partial charge in [-0.25, -0.2) is 4.39 Å². The maximum atomic E-state index is 13.0. The zero-order chi connectivity index (χ0) is 13.2. The molecule has 0 radical (unpaired) electrons. The van der Waals surface area contributed by atoms with Crippen LogP contribution in [-0.2, 0) is 0 Å². The topological polar surface area (TPSA) is 12.0 Å². The zero-order valence-electron chi connectivity index (χ0n) is 10.4. The fourth-order valence-electron chi connectivity index (χ4n) is 2.84. The molecule has 0 bridgehead atoms. The van der Waals surface area contributed by atoms with Gasteiger partial charge in [0.1, 0.15) is 5.82 Å². The van der Waals surface area contributed by atoms with E-state index in [2.05, 4.69) is 11.4 Å². The summed E-state index contributed by atoms with van der Waals surface area (Å²) in [6, 6.07) is 14.8. The molecular formula is C16H15ClFN. The third kappa shape index (κ3) is 2.51. The highest BCUT2D eigenvalue weighted by molar-refractivity contribution is 6.31. The van der Waals surface area contributed by atoms with Gasteiger partial charge in [0, 0.05) is 29.9 Å². The average Bonchev–Trinajstić information content (AvgIpc) is 2.89. The van der Waals surface area contributed by atoms with Gasteiger partial charge in [-0.1, -0.05) is 41.9 Å². The lowest BCUT2D eigenvalue weighted by atomic mass is 9.84. The smallest absolute Gasteiger partial charge is 0.123 e. The van der Waals surface area contributed by atoms with E-state index in [1.165, 1.54) is 17.7 Å². The van der Waals surface area contributed by atoms with E-state index in [-0.39, 0.29) is 5.82 Å². The molecule has 1 aliphatic rings. The van der Waals surface area contributed by atoms with Crippen molar-refractivity contribution in [3.8, 4) is 0 Å². The Hall–Kier alpha value is -1.38. The van der Waals surface area contributed by atoms with Crippen molar-refractivity contribution in [1.29, 1.82) is 0 Å². The molecule has 0 saturated carbocycles. The Bertz CT molecular complexity index is 567. The second kappa shape index (κ2) is 5.32. The van der Waals surface area contributed by atoms with Crippen molar-refractivity contribution >= 4 is 11.6 Å². The van der Waals surface area contributed by atoms with Crippen molar-refractivity contribution in [3.05, 3.63) is 70.5 Å². The van der Waals surface area contributed by atoms with Gasteiger partial charge in [-0.05, 0) is 29.3 Å². The highest BCUT2D eigenvalue weighted by atomic mass is 35.5. The fraction of sp³-hybridized carbons (Fsp3) is 0.250. The summed E-state index contributed by atoms with van der Waals surface area (Å²) in [5.74, 6) is 0.503. The largest absolute Gasteiger partial charge is 0.315 e. The van der Waals surface area contributed by atoms with Crippen molar-refractivity contribution in [2.45, 2.75) is 11.8 Å². The SMILES string of the molecule is Fc1ccc([C@H]2CNC[C@@H]2c2ccccc2Cl)cc1. The van der Waals surface area contributed by atoms with E-state index >= 15 is 0 Å². The van der Waals surface area contributed by atoms with E-state index in [0.29, 0.717) is 11.8 Å². The quantitative estimate of drug-likeness (QED) is 0.875. The first kappa shape index (κ1) is 12.6. The standard InChI is InChI=1S/C16H15ClFN/c17-16-4-2-1-3-13(16)15-10-19-9-14(15)11-5-7-12(18)8-6-11/h1-8,14-15,19H,9-10H2/t14-,15-/m1/s1. The molecule has 0 aliphatic carbocycles. The summed E-state index contributed by atoms with van der Waals surface area (Å²) in [6.45, 7) is 1.81. The molecule has 0 spiro atoms. The van der Waals surface area contributed by atoms with E-state index in [1.807, 2.05) is 30.3 Å². The molecule has 1 N–H and O–H groups in total. The van der Waals surface area contributed by atoms with Crippen LogP contribution in [0, 0.1) is 5.82 Å². The summed E-state index contributed by atoms with van der Waals surface area (Å²) in [4.78, 5) is 0. The van der Waals surface area contributed by atoms with Crippen LogP contribution < -0.4 is 5.32 Å². The van der Waals surface area contributed by atoms with E-state index in [0.717, 1.165) is 23.7 Å². The highest BCUT2D eigenvalue weighted by Crippen LogP contribution is 2.38. The van der Waals surface area contributed by atoms with Crippen molar-refractivity contribution in [1.82, 2.24) is 5.32 Å². The molecule has 1 nitrogen and oxygen atoms in total. The van der Waals surface area contributed by atoms with Crippen LogP contribution >= 0.6 is 11.6 Å². The molecule has 2 aromatic rings. The molecule has 0 unspecified atom stereocenters. The lowest BCUT2D eigenvalue weighted by Gasteiger charge is -2.20. The zero-order valence-corrected chi connectivity index (χ0v) is 11.2. The summed E-state index contributed by atoms with van der Waals surface area (Å²) < 4.78 is 13.0. The molecule has 98 valence electrons. The monoisotopic (exact) mass is 275 g/mol. The van der Waals surface area contributed by atoms with Crippen LogP contribution in [0.1, 0.15) is 23.0 Å². The van der Waals surface area contributed by atoms with Gasteiger partial charge in [-0.3, -0.25) is 0 Å². The minimum absolute atomic E-state index is 0.191. The summed E-state index contributed by atoms with van der Waals surface area (Å²) in [6.07, 6.45) is 0. The Kier molecular flexibility index (Phi) is 3.54. The first-order chi connectivity index (χ1) is 9.25. The Labute approximate surface area is 117 Å². The predicted molar refractivity (Wildman–Crippen MR) is 76.2 cm³/mol. The molecule has 0 aromatic heterocycles. The number of benzene rings is 2. The maximum Gasteiger partial charge on any atom is 0.123 e. The first-order valence-electron chi connectivity index (χ1n) is 6.46. The predicted octanol–water partition coefficient (Wildman–Crippen LogP) is 3.95. The van der Waals surface area contributed by atoms with Gasteiger partial charge < -0.3 is 5.32 Å². The van der Waals surface area contributed by atoms with Gasteiger partial charge in [-0.2, -0.15) is 0 Å². The first-order valence-corrected chi connectivity index (χ1v) is 6.84. The van der Waals surface area contributed by atoms with Crippen LogP contribution in [-0.4, -0.2) is 13.1 Å². The molecule has 1 fully saturated rings. The van der Waals surface area contributed by atoms with Gasteiger partial charge in [0.05, 0.1) is 0 Å². The highest BCUT2D eigenvalue weighted by Gasteiger charge is 2.30. The van der Waals surface area contributed by atoms with Gasteiger partial charge >= 0.3 is 0 Å². The lowest BCUT2D eigenvalue weighted by molar-refractivity contribution is 0.621. The summed E-state index contributed by atoms with van der Waals surface area (Å²) in [5.41, 5.74) is 2.33. The summed E-state index contributed by atoms with van der Waals surface area (Å²) in [7, 11) is 0. The summed E-state index contributed by atoms with van der Waals surface area (Å²) >= 11 is 6.29. The molecule has 19 heavy (non-hydrogen) atoms. The molecular weight excluding hydrogens is 261 g/mol. The van der Waals surface area contributed by atoms with E-state index < -0.39 is 0 Å². The molecule has 0 amide bonds. The maximum absolute atomic E-state index is 13.0. The van der Waals surface area contributed by atoms with Gasteiger partial charge in [0.25, 0.3) is 0 Å². The Morgan fingerprint density at radius 3 is 2.37 bits per heavy atom. The molecule has 1 saturated heterocycles. The van der Waals surface area contributed by atoms with Gasteiger partial charge in [0.2, 0.25) is 0 Å². The molecule has 3 heteroatoms. The third-order valence-electron chi connectivity index (χ3n) is 3.82. The van der Waals surface area contributed by atoms with Crippen LogP contribution in [0.5, 0.6) is 0 Å². The molecule has 2 aromatic carbocycles. The van der Waals surface area contributed by atoms with Crippen molar-refractivity contribution in [2.75, 3.05) is 13.1 Å². The van der Waals surface area contributed by atoms with E-state index in [1.54, 1.807) is 0 Å². The number of halogens is 2. The van der Waals surface area contributed by atoms with Crippen LogP contribution in [0.25, 0.3) is 0 Å². The van der Waals surface area contributed by atoms with Crippen molar-refractivity contribution in [2.24, 2.45) is 0 Å². The fourth-order valence-corrected chi connectivity index (χ4v) is 3.12. The lowest BCUT2D eigenvalue weighted by Crippen LogP contribution is -2.09. The van der Waals surface area contributed by atoms with Crippen LogP contribution in [0.15, 0.2) is 48.5 Å². The number of hydrogen-bond donors (Lipinski definition) is 1. The van der Waals surface area contributed by atoms with Crippen molar-refractivity contribution in [3.63, 3.8) is 0 Å². The minimum Gasteiger partial charge on any atom is -0.315 e. The van der Waals surface area contributed by atoms with Crippen molar-refractivity contribution < 1.29 is 4.39 Å². The minimum atomic E-state index is -0.191. The normalized spacial score (nSPS) is 22.6. The van der Waals surface area contributed by atoms with Crippen LogP contribution in [0.4, 0.5) is 4.39 Å². The molecule has 3 rings (SSSR count). The molecule has 1 heterocycles. The number of nitrogens with one attached hydrogen (secondary N) is 1. The second-order valence-corrected chi connectivity index (χ2v) is 5.35. The van der Waals surface area contributed by atoms with E-state index in [4.69, 9.17) is 11.6 Å². The Morgan fingerprint density at radius 1 is 0.947 bits per heavy atom. The average molecular weight is 276 g/mol. The number of rotatable bonds is 2. The Morgan fingerprint density at radius 2 is 1.63 bits per heavy atom. The summed E-state index contributed by atoms with van der Waals surface area (Å²) in [5, 5.41) is 4.22. The molecule has 2 atom stereocenters. The third-order valence-corrected chi connectivity index (χ3v) is 4.16. The second-order valence-electron chi connectivity index (χ2n) is 4.94. The molecule has 1 aliphatic heterocycles. The van der Waals surface area contributed by atoms with E-state index in [9.17, 15) is 4.39 Å². The van der Waals surface area contributed by atoms with Gasteiger partial charge in [-0.15, -0.1) is 0 Å². The number of hydrogen-bond acceptors (Lipinski definition) is 1. The van der Waals surface area contributed by atoms with Gasteiger partial charge in [0.15, 0.2) is 0 Å². The Balaban J connectivity index is 1.94.